The van der Waals surface area contributed by atoms with Crippen LogP contribution in [0.2, 0.25) is 0 Å². The molecule has 13 rings (SSSR count). The minimum Gasteiger partial charge on any atom is -0.457 e. The Balaban J connectivity index is 1.06. The minimum atomic E-state index is -0.473. The summed E-state index contributed by atoms with van der Waals surface area (Å²) in [4.78, 5) is 0. The van der Waals surface area contributed by atoms with E-state index in [4.69, 9.17) is 4.74 Å². The maximum Gasteiger partial charge on any atom is 0.132 e. The van der Waals surface area contributed by atoms with Crippen LogP contribution in [0.5, 0.6) is 11.5 Å². The third-order valence-electron chi connectivity index (χ3n) is 13.2. The van der Waals surface area contributed by atoms with Crippen LogP contribution in [0.15, 0.2) is 194 Å². The molecule has 1 unspecified atom stereocenters. The van der Waals surface area contributed by atoms with Gasteiger partial charge in [-0.3, -0.25) is 0 Å². The fourth-order valence-corrected chi connectivity index (χ4v) is 11.1. The molecule has 0 saturated carbocycles. The summed E-state index contributed by atoms with van der Waals surface area (Å²) in [5, 5.41) is 2.58. The summed E-state index contributed by atoms with van der Waals surface area (Å²) < 4.78 is 6.93. The predicted molar refractivity (Wildman–Crippen MR) is 223 cm³/mol. The Hall–Kier alpha value is -6.96. The first-order chi connectivity index (χ1) is 27.3. The Morgan fingerprint density at radius 3 is 1.47 bits per heavy atom. The quantitative estimate of drug-likeness (QED) is 0.166. The average molecular weight is 697 g/mol. The van der Waals surface area contributed by atoms with E-state index in [9.17, 15) is 0 Å². The van der Waals surface area contributed by atoms with Gasteiger partial charge in [0.25, 0.3) is 0 Å². The highest BCUT2D eigenvalue weighted by molar-refractivity contribution is 6.06. The number of ether oxygens (including phenoxy) is 1. The minimum absolute atomic E-state index is 0.428. The van der Waals surface area contributed by atoms with E-state index in [2.05, 4.69) is 194 Å². The summed E-state index contributed by atoms with van der Waals surface area (Å²) in [6.45, 7) is 0. The normalized spacial score (nSPS) is 16.7. The molecule has 0 amide bonds. The van der Waals surface area contributed by atoms with Gasteiger partial charge >= 0.3 is 0 Å². The van der Waals surface area contributed by atoms with Gasteiger partial charge in [-0.05, 0) is 107 Å². The summed E-state index contributed by atoms with van der Waals surface area (Å²) >= 11 is 0. The maximum absolute atomic E-state index is 6.93. The molecule has 55 heavy (non-hydrogen) atoms. The van der Waals surface area contributed by atoms with E-state index in [0.29, 0.717) is 0 Å². The standard InChI is InChI=1S/C54H32O/c1-2-14-36-33(13-1)26-30-48-52(36)41-18-6-10-22-45(41)54(48)44-21-9-5-17-39(44)40-28-25-34(31-49(40)54)35-27-29-47-51(32-35)55-50-24-12-11-23-46(50)53(47)42-19-7-3-15-37(42)38-16-4-8-20-43(38)53/h1-32H. The van der Waals surface area contributed by atoms with Gasteiger partial charge in [-0.15, -0.1) is 0 Å². The van der Waals surface area contributed by atoms with Crippen molar-refractivity contribution in [1.29, 1.82) is 0 Å². The second kappa shape index (κ2) is 10.4. The molecule has 1 heterocycles. The summed E-state index contributed by atoms with van der Waals surface area (Å²) in [7, 11) is 0. The van der Waals surface area contributed by atoms with Crippen LogP contribution in [-0.2, 0) is 10.8 Å². The molecule has 1 atom stereocenters. The summed E-state index contributed by atoms with van der Waals surface area (Å²) in [5.74, 6) is 1.82. The number of fused-ring (bicyclic) bond motifs is 21. The molecule has 254 valence electrons. The second-order valence-electron chi connectivity index (χ2n) is 15.5. The predicted octanol–water partition coefficient (Wildman–Crippen LogP) is 13.3. The molecule has 0 N–H and O–H groups in total. The van der Waals surface area contributed by atoms with Crippen LogP contribution in [0.1, 0.15) is 44.5 Å². The van der Waals surface area contributed by atoms with Crippen molar-refractivity contribution in [1.82, 2.24) is 0 Å². The Bertz CT molecular complexity index is 3100. The lowest BCUT2D eigenvalue weighted by atomic mass is 9.66. The smallest absolute Gasteiger partial charge is 0.132 e. The molecule has 0 bridgehead atoms. The van der Waals surface area contributed by atoms with Gasteiger partial charge in [-0.2, -0.15) is 0 Å². The van der Waals surface area contributed by atoms with E-state index < -0.39 is 10.8 Å². The van der Waals surface area contributed by atoms with Crippen LogP contribution in [0.25, 0.3) is 55.3 Å². The molecular formula is C54H32O. The van der Waals surface area contributed by atoms with Crippen LogP contribution in [0.3, 0.4) is 0 Å². The van der Waals surface area contributed by atoms with Gasteiger partial charge in [-0.25, -0.2) is 0 Å². The lowest BCUT2D eigenvalue weighted by Crippen LogP contribution is -2.32. The summed E-state index contributed by atoms with van der Waals surface area (Å²) in [6.07, 6.45) is 0. The third-order valence-corrected chi connectivity index (χ3v) is 13.2. The molecular weight excluding hydrogens is 665 g/mol. The fraction of sp³-hybridized carbons (Fsp3) is 0.0370. The fourth-order valence-electron chi connectivity index (χ4n) is 11.1. The Morgan fingerprint density at radius 1 is 0.291 bits per heavy atom. The molecule has 9 aromatic rings. The molecule has 0 aromatic heterocycles. The van der Waals surface area contributed by atoms with Crippen molar-refractivity contribution >= 4 is 10.8 Å². The van der Waals surface area contributed by atoms with Crippen LogP contribution in [0, 0.1) is 0 Å². The van der Waals surface area contributed by atoms with Crippen LogP contribution in [0.4, 0.5) is 0 Å². The first-order valence-electron chi connectivity index (χ1n) is 19.3. The van der Waals surface area contributed by atoms with E-state index >= 15 is 0 Å². The zero-order chi connectivity index (χ0) is 35.9. The van der Waals surface area contributed by atoms with Gasteiger partial charge in [0.2, 0.25) is 0 Å². The van der Waals surface area contributed by atoms with Crippen molar-refractivity contribution in [2.75, 3.05) is 0 Å². The molecule has 0 saturated heterocycles. The average Bonchev–Trinajstić information content (AvgIpc) is 3.84. The lowest BCUT2D eigenvalue weighted by molar-refractivity contribution is 0.436. The van der Waals surface area contributed by atoms with Gasteiger partial charge in [0.1, 0.15) is 11.5 Å². The van der Waals surface area contributed by atoms with Crippen molar-refractivity contribution in [3.63, 3.8) is 0 Å². The van der Waals surface area contributed by atoms with Crippen molar-refractivity contribution in [2.24, 2.45) is 0 Å². The van der Waals surface area contributed by atoms with Crippen molar-refractivity contribution in [2.45, 2.75) is 10.8 Å². The SMILES string of the molecule is c1ccc2c(c1)Oc1cc(-c3ccc4c(c3)C3(c5ccccc5-4)c4ccccc4-c4c3ccc3ccccc43)ccc1C21c2ccccc2-c2ccccc21. The van der Waals surface area contributed by atoms with E-state index in [-0.39, 0.29) is 0 Å². The second-order valence-corrected chi connectivity index (χ2v) is 15.5. The highest BCUT2D eigenvalue weighted by Gasteiger charge is 2.53. The topological polar surface area (TPSA) is 9.23 Å². The zero-order valence-corrected chi connectivity index (χ0v) is 29.9. The largest absolute Gasteiger partial charge is 0.457 e. The van der Waals surface area contributed by atoms with E-state index in [1.54, 1.807) is 0 Å². The van der Waals surface area contributed by atoms with Gasteiger partial charge in [0, 0.05) is 11.1 Å². The van der Waals surface area contributed by atoms with Crippen LogP contribution >= 0.6 is 0 Å². The van der Waals surface area contributed by atoms with Gasteiger partial charge in [0.15, 0.2) is 0 Å². The Kier molecular flexibility index (Phi) is 5.56. The first kappa shape index (κ1) is 29.5. The third kappa shape index (κ3) is 3.46. The molecule has 3 aliphatic carbocycles. The van der Waals surface area contributed by atoms with E-state index in [0.717, 1.165) is 17.1 Å². The van der Waals surface area contributed by atoms with E-state index in [1.165, 1.54) is 94.2 Å². The van der Waals surface area contributed by atoms with Gasteiger partial charge < -0.3 is 4.74 Å². The molecule has 2 spiro atoms. The molecule has 4 aliphatic rings. The number of rotatable bonds is 1. The number of hydrogen-bond acceptors (Lipinski definition) is 1. The Morgan fingerprint density at radius 2 is 0.764 bits per heavy atom. The number of benzene rings is 9. The summed E-state index contributed by atoms with van der Waals surface area (Å²) in [6, 6.07) is 72.3. The maximum atomic E-state index is 6.93. The van der Waals surface area contributed by atoms with E-state index in [1.807, 2.05) is 0 Å². The molecule has 1 nitrogen and oxygen atoms in total. The first-order valence-corrected chi connectivity index (χ1v) is 19.3. The summed E-state index contributed by atoms with van der Waals surface area (Å²) in [5.41, 5.74) is 19.7. The van der Waals surface area contributed by atoms with Gasteiger partial charge in [-0.1, -0.05) is 176 Å². The van der Waals surface area contributed by atoms with Gasteiger partial charge in [0.05, 0.1) is 10.8 Å². The van der Waals surface area contributed by atoms with Crippen molar-refractivity contribution in [3.05, 3.63) is 239 Å². The Labute approximate surface area is 319 Å². The highest BCUT2D eigenvalue weighted by atomic mass is 16.5. The molecule has 0 fully saturated rings. The zero-order valence-electron chi connectivity index (χ0n) is 29.9. The van der Waals surface area contributed by atoms with Crippen molar-refractivity contribution < 1.29 is 4.74 Å². The molecule has 1 heteroatoms. The number of hydrogen-bond donors (Lipinski definition) is 0. The monoisotopic (exact) mass is 696 g/mol. The molecule has 0 radical (unpaired) electrons. The van der Waals surface area contributed by atoms with Crippen molar-refractivity contribution in [3.8, 4) is 56.0 Å². The van der Waals surface area contributed by atoms with Crippen LogP contribution < -0.4 is 4.74 Å². The molecule has 1 aliphatic heterocycles. The molecule has 9 aromatic carbocycles. The highest BCUT2D eigenvalue weighted by Crippen LogP contribution is 2.65. The lowest BCUT2D eigenvalue weighted by Gasteiger charge is -2.39. The van der Waals surface area contributed by atoms with Crippen LogP contribution in [-0.4, -0.2) is 0 Å². The number of para-hydroxylation sites is 1.